The van der Waals surface area contributed by atoms with Crippen molar-refractivity contribution in [3.8, 4) is 5.75 Å². The zero-order valence-electron chi connectivity index (χ0n) is 12.4. The molecule has 2 N–H and O–H groups in total. The molecule has 0 saturated carbocycles. The van der Waals surface area contributed by atoms with Crippen molar-refractivity contribution in [3.63, 3.8) is 0 Å². The van der Waals surface area contributed by atoms with E-state index in [-0.39, 0.29) is 18.6 Å². The lowest BCUT2D eigenvalue weighted by Gasteiger charge is -2.08. The van der Waals surface area contributed by atoms with Gasteiger partial charge in [-0.1, -0.05) is 25.5 Å². The van der Waals surface area contributed by atoms with Gasteiger partial charge in [-0.2, -0.15) is 0 Å². The van der Waals surface area contributed by atoms with Crippen LogP contribution >= 0.6 is 0 Å². The van der Waals surface area contributed by atoms with Gasteiger partial charge in [0.05, 0.1) is 6.10 Å². The van der Waals surface area contributed by atoms with E-state index in [0.717, 1.165) is 31.2 Å². The molecule has 1 unspecified atom stereocenters. The molecule has 4 nitrogen and oxygen atoms in total. The Kier molecular flexibility index (Phi) is 7.73. The van der Waals surface area contributed by atoms with Crippen LogP contribution in [-0.4, -0.2) is 30.3 Å². The number of carbonyl (C=O) groups excluding carboxylic acids is 1. The zero-order chi connectivity index (χ0) is 14.8. The van der Waals surface area contributed by atoms with E-state index >= 15 is 0 Å². The number of unbranched alkanes of at least 4 members (excludes halogenated alkanes) is 1. The van der Waals surface area contributed by atoms with Crippen LogP contribution in [0.25, 0.3) is 0 Å². The monoisotopic (exact) mass is 279 g/mol. The van der Waals surface area contributed by atoms with Crippen LogP contribution in [0.2, 0.25) is 0 Å². The molecular formula is C16H25NO3. The molecule has 0 aliphatic rings. The van der Waals surface area contributed by atoms with Gasteiger partial charge in [0, 0.05) is 6.54 Å². The highest BCUT2D eigenvalue weighted by Gasteiger charge is 2.03. The molecule has 0 aliphatic carbocycles. The fourth-order valence-corrected chi connectivity index (χ4v) is 1.73. The first-order valence-corrected chi connectivity index (χ1v) is 7.28. The standard InChI is InChI=1S/C16H25NO3/c1-3-4-11-17-16(19)12-20-15-9-7-14(8-10-15)6-5-13(2)18/h7-10,13,18H,3-6,11-12H2,1-2H3,(H,17,19). The van der Waals surface area contributed by atoms with Gasteiger partial charge in [-0.25, -0.2) is 0 Å². The number of rotatable bonds is 9. The smallest absolute Gasteiger partial charge is 0.257 e. The van der Waals surface area contributed by atoms with Gasteiger partial charge < -0.3 is 15.2 Å². The van der Waals surface area contributed by atoms with Crippen LogP contribution in [-0.2, 0) is 11.2 Å². The summed E-state index contributed by atoms with van der Waals surface area (Å²) in [6.07, 6.45) is 3.37. The molecule has 0 fully saturated rings. The highest BCUT2D eigenvalue weighted by atomic mass is 16.5. The summed E-state index contributed by atoms with van der Waals surface area (Å²) >= 11 is 0. The van der Waals surface area contributed by atoms with Crippen LogP contribution in [0.1, 0.15) is 38.7 Å². The molecule has 1 aromatic rings. The van der Waals surface area contributed by atoms with E-state index in [1.165, 1.54) is 0 Å². The summed E-state index contributed by atoms with van der Waals surface area (Å²) < 4.78 is 5.42. The maximum atomic E-state index is 11.5. The van der Waals surface area contributed by atoms with Crippen molar-refractivity contribution >= 4 is 5.91 Å². The van der Waals surface area contributed by atoms with Gasteiger partial charge in [0.2, 0.25) is 0 Å². The molecule has 0 aliphatic heterocycles. The van der Waals surface area contributed by atoms with Gasteiger partial charge in [-0.15, -0.1) is 0 Å². The van der Waals surface area contributed by atoms with Crippen molar-refractivity contribution in [1.29, 1.82) is 0 Å². The molecule has 0 saturated heterocycles. The van der Waals surface area contributed by atoms with Gasteiger partial charge in [-0.3, -0.25) is 4.79 Å². The number of aliphatic hydroxyl groups excluding tert-OH is 1. The minimum Gasteiger partial charge on any atom is -0.484 e. The fourth-order valence-electron chi connectivity index (χ4n) is 1.73. The average molecular weight is 279 g/mol. The Morgan fingerprint density at radius 1 is 1.35 bits per heavy atom. The third kappa shape index (κ3) is 7.14. The summed E-state index contributed by atoms with van der Waals surface area (Å²) in [4.78, 5) is 11.5. The number of aliphatic hydroxyl groups is 1. The number of hydrogen-bond donors (Lipinski definition) is 2. The molecular weight excluding hydrogens is 254 g/mol. The predicted octanol–water partition coefficient (Wildman–Crippen LogP) is 2.30. The van der Waals surface area contributed by atoms with Crippen LogP contribution in [0.5, 0.6) is 5.75 Å². The van der Waals surface area contributed by atoms with Crippen LogP contribution in [0.3, 0.4) is 0 Å². The van der Waals surface area contributed by atoms with Crippen LogP contribution in [0, 0.1) is 0 Å². The van der Waals surface area contributed by atoms with E-state index in [1.807, 2.05) is 24.3 Å². The lowest BCUT2D eigenvalue weighted by atomic mass is 10.1. The Morgan fingerprint density at radius 3 is 2.65 bits per heavy atom. The number of nitrogens with one attached hydrogen (secondary N) is 1. The lowest BCUT2D eigenvalue weighted by Crippen LogP contribution is -2.29. The Morgan fingerprint density at radius 2 is 2.05 bits per heavy atom. The topological polar surface area (TPSA) is 58.6 Å². The van der Waals surface area contributed by atoms with Crippen molar-refractivity contribution in [2.75, 3.05) is 13.2 Å². The average Bonchev–Trinajstić information content (AvgIpc) is 2.44. The van der Waals surface area contributed by atoms with Crippen molar-refractivity contribution in [3.05, 3.63) is 29.8 Å². The largest absolute Gasteiger partial charge is 0.484 e. The van der Waals surface area contributed by atoms with E-state index < -0.39 is 0 Å². The van der Waals surface area contributed by atoms with Gasteiger partial charge >= 0.3 is 0 Å². The van der Waals surface area contributed by atoms with Gasteiger partial charge in [0.15, 0.2) is 6.61 Å². The van der Waals surface area contributed by atoms with Crippen LogP contribution in [0.4, 0.5) is 0 Å². The second-order valence-electron chi connectivity index (χ2n) is 5.02. The Bertz CT molecular complexity index is 387. The second-order valence-corrected chi connectivity index (χ2v) is 5.02. The quantitative estimate of drug-likeness (QED) is 0.682. The van der Waals surface area contributed by atoms with Crippen LogP contribution in [0.15, 0.2) is 24.3 Å². The van der Waals surface area contributed by atoms with Crippen molar-refractivity contribution < 1.29 is 14.6 Å². The van der Waals surface area contributed by atoms with Crippen LogP contribution < -0.4 is 10.1 Å². The van der Waals surface area contributed by atoms with Crippen molar-refractivity contribution in [2.45, 2.75) is 45.6 Å². The third-order valence-corrected chi connectivity index (χ3v) is 3.00. The molecule has 0 bridgehead atoms. The molecule has 0 aromatic heterocycles. The first-order valence-electron chi connectivity index (χ1n) is 7.28. The Labute approximate surface area is 121 Å². The van der Waals surface area contributed by atoms with Crippen molar-refractivity contribution in [2.24, 2.45) is 0 Å². The number of benzene rings is 1. The molecule has 1 amide bonds. The summed E-state index contributed by atoms with van der Waals surface area (Å²) in [5.41, 5.74) is 1.16. The molecule has 0 spiro atoms. The first kappa shape index (κ1) is 16.5. The number of aryl methyl sites for hydroxylation is 1. The molecule has 0 heterocycles. The maximum Gasteiger partial charge on any atom is 0.257 e. The summed E-state index contributed by atoms with van der Waals surface area (Å²) in [6.45, 7) is 4.63. The molecule has 4 heteroatoms. The van der Waals surface area contributed by atoms with Gasteiger partial charge in [0.1, 0.15) is 5.75 Å². The Hall–Kier alpha value is -1.55. The second kappa shape index (κ2) is 9.37. The van der Waals surface area contributed by atoms with E-state index in [4.69, 9.17) is 4.74 Å². The minimum absolute atomic E-state index is 0.0523. The highest BCUT2D eigenvalue weighted by Crippen LogP contribution is 2.13. The zero-order valence-corrected chi connectivity index (χ0v) is 12.4. The predicted molar refractivity (Wildman–Crippen MR) is 79.9 cm³/mol. The summed E-state index contributed by atoms with van der Waals surface area (Å²) in [5, 5.41) is 12.0. The highest BCUT2D eigenvalue weighted by molar-refractivity contribution is 5.77. The summed E-state index contributed by atoms with van der Waals surface area (Å²) in [7, 11) is 0. The Balaban J connectivity index is 2.28. The van der Waals surface area contributed by atoms with Gasteiger partial charge in [0.25, 0.3) is 5.91 Å². The number of hydrogen-bond acceptors (Lipinski definition) is 3. The normalized spacial score (nSPS) is 11.9. The molecule has 1 rings (SSSR count). The van der Waals surface area contributed by atoms with E-state index in [2.05, 4.69) is 12.2 Å². The maximum absolute atomic E-state index is 11.5. The lowest BCUT2D eigenvalue weighted by molar-refractivity contribution is -0.123. The van der Waals surface area contributed by atoms with Crippen molar-refractivity contribution in [1.82, 2.24) is 5.32 Å². The molecule has 0 radical (unpaired) electrons. The fraction of sp³-hybridized carbons (Fsp3) is 0.562. The summed E-state index contributed by atoms with van der Waals surface area (Å²) in [5.74, 6) is 0.605. The third-order valence-electron chi connectivity index (χ3n) is 3.00. The van der Waals surface area contributed by atoms with E-state index in [9.17, 15) is 9.90 Å². The molecule has 20 heavy (non-hydrogen) atoms. The first-order chi connectivity index (χ1) is 9.61. The number of carbonyl (C=O) groups is 1. The molecule has 1 atom stereocenters. The molecule has 1 aromatic carbocycles. The minimum atomic E-state index is -0.280. The SMILES string of the molecule is CCCCNC(=O)COc1ccc(CCC(C)O)cc1. The van der Waals surface area contributed by atoms with E-state index in [1.54, 1.807) is 6.92 Å². The van der Waals surface area contributed by atoms with E-state index in [0.29, 0.717) is 12.3 Å². The van der Waals surface area contributed by atoms with Gasteiger partial charge in [-0.05, 0) is 43.9 Å². The molecule has 112 valence electrons. The number of amides is 1. The summed E-state index contributed by atoms with van der Waals surface area (Å²) in [6, 6.07) is 7.65. The number of ether oxygens (including phenoxy) is 1.